The maximum Gasteiger partial charge on any atom is 0.323 e. The molecule has 25 heavy (non-hydrogen) atoms. The second-order valence-electron chi connectivity index (χ2n) is 5.33. The van der Waals surface area contributed by atoms with E-state index in [1.54, 1.807) is 0 Å². The van der Waals surface area contributed by atoms with Gasteiger partial charge in [-0.3, -0.25) is 0 Å². The van der Waals surface area contributed by atoms with Gasteiger partial charge in [-0.05, 0) is 18.2 Å². The fourth-order valence-corrected chi connectivity index (χ4v) is 3.44. The molecule has 0 amide bonds. The average molecular weight is 356 g/mol. The van der Waals surface area contributed by atoms with Crippen LogP contribution < -0.4 is 10.4 Å². The van der Waals surface area contributed by atoms with Crippen molar-refractivity contribution < 1.29 is 12.9 Å². The lowest BCUT2D eigenvalue weighted by Gasteiger charge is -2.04. The number of rotatable bonds is 4. The summed E-state index contributed by atoms with van der Waals surface area (Å²) < 4.78 is 32.4. The van der Waals surface area contributed by atoms with Gasteiger partial charge in [-0.15, -0.1) is 0 Å². The first-order valence-electron chi connectivity index (χ1n) is 7.28. The maximum absolute atomic E-state index is 12.5. The van der Waals surface area contributed by atoms with Crippen molar-refractivity contribution in [2.75, 3.05) is 4.72 Å². The lowest BCUT2D eigenvalue weighted by Crippen LogP contribution is -2.12. The minimum Gasteiger partial charge on any atom is -0.337 e. The number of hydrogen-bond acceptors (Lipinski definition) is 5. The summed E-state index contributed by atoms with van der Waals surface area (Å²) in [4.78, 5) is 16.3. The molecule has 0 aliphatic rings. The Morgan fingerprint density at radius 2 is 1.72 bits per heavy atom. The number of nitrogens with zero attached hydrogens (tertiary/aromatic N) is 1. The molecule has 0 saturated heterocycles. The highest BCUT2D eigenvalue weighted by Crippen LogP contribution is 2.24. The lowest BCUT2D eigenvalue weighted by atomic mass is 10.2. The van der Waals surface area contributed by atoms with Crippen LogP contribution >= 0.6 is 0 Å². The number of aromatic nitrogens is 3. The summed E-state index contributed by atoms with van der Waals surface area (Å²) in [7, 11) is -3.88. The lowest BCUT2D eigenvalue weighted by molar-refractivity contribution is 0.438. The monoisotopic (exact) mass is 356 g/mol. The molecule has 0 aliphatic heterocycles. The van der Waals surface area contributed by atoms with Gasteiger partial charge in [-0.25, -0.2) is 17.9 Å². The SMILES string of the molecule is O=c1[nH]c2ccc(S(=O)(=O)Nc3cc(-c4ccccc4)no3)cc2[nH]1. The standard InChI is InChI=1S/C16H12N4O4S/c21-16-17-12-7-6-11(8-14(12)18-16)25(22,23)20-15-9-13(19-24-15)10-4-2-1-3-5-10/h1-9,20H,(H2,17,18,21). The Kier molecular flexibility index (Phi) is 3.43. The molecule has 4 rings (SSSR count). The number of anilines is 1. The number of nitrogens with one attached hydrogen (secondary N) is 3. The van der Waals surface area contributed by atoms with Crippen LogP contribution in [0.2, 0.25) is 0 Å². The van der Waals surface area contributed by atoms with Gasteiger partial charge >= 0.3 is 5.69 Å². The highest BCUT2D eigenvalue weighted by molar-refractivity contribution is 7.92. The van der Waals surface area contributed by atoms with E-state index in [4.69, 9.17) is 4.52 Å². The summed E-state index contributed by atoms with van der Waals surface area (Å²) in [6.07, 6.45) is 0. The Hall–Kier alpha value is -3.33. The zero-order valence-electron chi connectivity index (χ0n) is 12.7. The van der Waals surface area contributed by atoms with Crippen molar-refractivity contribution in [3.63, 3.8) is 0 Å². The quantitative estimate of drug-likeness (QED) is 0.518. The van der Waals surface area contributed by atoms with Crippen molar-refractivity contribution in [3.05, 3.63) is 65.1 Å². The van der Waals surface area contributed by atoms with E-state index in [1.165, 1.54) is 24.3 Å². The summed E-state index contributed by atoms with van der Waals surface area (Å²) in [5.41, 5.74) is 1.84. The highest BCUT2D eigenvalue weighted by Gasteiger charge is 2.18. The largest absolute Gasteiger partial charge is 0.337 e. The van der Waals surface area contributed by atoms with Crippen molar-refractivity contribution >= 4 is 26.9 Å². The zero-order chi connectivity index (χ0) is 17.4. The Morgan fingerprint density at radius 1 is 0.960 bits per heavy atom. The summed E-state index contributed by atoms with van der Waals surface area (Å²) in [5.74, 6) is 0.00140. The van der Waals surface area contributed by atoms with E-state index in [2.05, 4.69) is 19.8 Å². The van der Waals surface area contributed by atoms with E-state index < -0.39 is 15.7 Å². The molecule has 2 heterocycles. The third-order valence-electron chi connectivity index (χ3n) is 3.61. The number of aromatic amines is 2. The Labute approximate surface area is 141 Å². The van der Waals surface area contributed by atoms with E-state index in [1.807, 2.05) is 30.3 Å². The van der Waals surface area contributed by atoms with Crippen LogP contribution in [-0.4, -0.2) is 23.5 Å². The predicted molar refractivity (Wildman–Crippen MR) is 91.7 cm³/mol. The molecular formula is C16H12N4O4S. The maximum atomic E-state index is 12.5. The van der Waals surface area contributed by atoms with Gasteiger partial charge < -0.3 is 14.5 Å². The van der Waals surface area contributed by atoms with Crippen molar-refractivity contribution in [1.29, 1.82) is 0 Å². The van der Waals surface area contributed by atoms with E-state index in [0.29, 0.717) is 16.7 Å². The first-order chi connectivity index (χ1) is 12.0. The van der Waals surface area contributed by atoms with E-state index in [0.717, 1.165) is 5.56 Å². The fraction of sp³-hybridized carbons (Fsp3) is 0. The first kappa shape index (κ1) is 15.2. The zero-order valence-corrected chi connectivity index (χ0v) is 13.5. The average Bonchev–Trinajstić information content (AvgIpc) is 3.20. The first-order valence-corrected chi connectivity index (χ1v) is 8.77. The summed E-state index contributed by atoms with van der Waals surface area (Å²) in [5, 5.41) is 3.86. The molecule has 0 saturated carbocycles. The third kappa shape index (κ3) is 2.92. The number of sulfonamides is 1. The molecule has 2 aromatic carbocycles. The van der Waals surface area contributed by atoms with Gasteiger partial charge in [-0.1, -0.05) is 35.5 Å². The summed E-state index contributed by atoms with van der Waals surface area (Å²) in [6.45, 7) is 0. The molecule has 0 atom stereocenters. The molecule has 0 aliphatic carbocycles. The Morgan fingerprint density at radius 3 is 2.52 bits per heavy atom. The van der Waals surface area contributed by atoms with Crippen molar-refractivity contribution in [2.45, 2.75) is 4.90 Å². The Bertz CT molecular complexity index is 1210. The van der Waals surface area contributed by atoms with Gasteiger partial charge in [-0.2, -0.15) is 0 Å². The summed E-state index contributed by atoms with van der Waals surface area (Å²) in [6, 6.07) is 15.0. The van der Waals surface area contributed by atoms with Gasteiger partial charge in [0.25, 0.3) is 10.0 Å². The van der Waals surface area contributed by atoms with E-state index in [-0.39, 0.29) is 10.8 Å². The van der Waals surface area contributed by atoms with Gasteiger partial charge in [0.15, 0.2) is 0 Å². The van der Waals surface area contributed by atoms with Crippen molar-refractivity contribution in [1.82, 2.24) is 15.1 Å². The molecule has 8 nitrogen and oxygen atoms in total. The predicted octanol–water partition coefficient (Wildman–Crippen LogP) is 2.31. The van der Waals surface area contributed by atoms with Crippen LogP contribution in [0, 0.1) is 0 Å². The molecular weight excluding hydrogens is 344 g/mol. The molecule has 0 radical (unpaired) electrons. The van der Waals surface area contributed by atoms with E-state index in [9.17, 15) is 13.2 Å². The minimum atomic E-state index is -3.88. The third-order valence-corrected chi connectivity index (χ3v) is 4.96. The van der Waals surface area contributed by atoms with Crippen LogP contribution in [0.15, 0.2) is 68.8 Å². The summed E-state index contributed by atoms with van der Waals surface area (Å²) >= 11 is 0. The van der Waals surface area contributed by atoms with Crippen LogP contribution in [-0.2, 0) is 10.0 Å². The van der Waals surface area contributed by atoms with Crippen molar-refractivity contribution in [3.8, 4) is 11.3 Å². The van der Waals surface area contributed by atoms with Crippen LogP contribution in [0.3, 0.4) is 0 Å². The molecule has 9 heteroatoms. The molecule has 4 aromatic rings. The number of hydrogen-bond donors (Lipinski definition) is 3. The van der Waals surface area contributed by atoms with Gasteiger partial charge in [0.05, 0.1) is 15.9 Å². The second kappa shape index (κ2) is 5.64. The number of fused-ring (bicyclic) bond motifs is 1. The molecule has 0 bridgehead atoms. The molecule has 0 spiro atoms. The molecule has 3 N–H and O–H groups in total. The van der Waals surface area contributed by atoms with Crippen LogP contribution in [0.1, 0.15) is 0 Å². The number of imidazole rings is 1. The topological polar surface area (TPSA) is 121 Å². The second-order valence-corrected chi connectivity index (χ2v) is 7.02. The van der Waals surface area contributed by atoms with Crippen molar-refractivity contribution in [2.24, 2.45) is 0 Å². The molecule has 0 unspecified atom stereocenters. The molecule has 126 valence electrons. The van der Waals surface area contributed by atoms with Gasteiger partial charge in [0.2, 0.25) is 5.88 Å². The van der Waals surface area contributed by atoms with Gasteiger partial charge in [0, 0.05) is 11.6 Å². The molecule has 2 aromatic heterocycles. The Balaban J connectivity index is 1.64. The number of H-pyrrole nitrogens is 2. The molecule has 0 fully saturated rings. The number of benzene rings is 2. The van der Waals surface area contributed by atoms with Crippen LogP contribution in [0.4, 0.5) is 5.88 Å². The smallest absolute Gasteiger partial charge is 0.323 e. The normalized spacial score (nSPS) is 11.7. The fourth-order valence-electron chi connectivity index (χ4n) is 2.44. The van der Waals surface area contributed by atoms with Crippen LogP contribution in [0.25, 0.3) is 22.3 Å². The highest BCUT2D eigenvalue weighted by atomic mass is 32.2. The van der Waals surface area contributed by atoms with Gasteiger partial charge in [0.1, 0.15) is 5.69 Å². The van der Waals surface area contributed by atoms with E-state index >= 15 is 0 Å². The minimum absolute atomic E-state index is 0.00140. The van der Waals surface area contributed by atoms with Crippen LogP contribution in [0.5, 0.6) is 0 Å².